The molecule has 576 valence electrons. The summed E-state index contributed by atoms with van der Waals surface area (Å²) in [4.78, 5) is 40.9. The maximum atomic E-state index is 10.2. The van der Waals surface area contributed by atoms with Gasteiger partial charge < -0.3 is 54.9 Å². The summed E-state index contributed by atoms with van der Waals surface area (Å²) < 4.78 is 0. The maximum Gasteiger partial charge on any atom is 4.00 e. The van der Waals surface area contributed by atoms with Crippen LogP contribution in [0, 0.1) is 0 Å². The molecule has 3 N–H and O–H groups in total. The second-order valence-corrected chi connectivity index (χ2v) is 27.5. The molecular weight excluding hydrogens is 1280 g/mol. The Hall–Kier alpha value is -1.36. The molecule has 0 rings (SSSR count). The van der Waals surface area contributed by atoms with E-state index in [2.05, 4.69) is 48.5 Å². The van der Waals surface area contributed by atoms with Crippen molar-refractivity contribution in [2.24, 2.45) is 0 Å². The van der Waals surface area contributed by atoms with Gasteiger partial charge in [0.05, 0.1) is 0 Å². The molecule has 0 bridgehead atoms. The van der Waals surface area contributed by atoms with Crippen molar-refractivity contribution in [3.05, 3.63) is 0 Å². The first-order chi connectivity index (χ1) is 46.3. The van der Waals surface area contributed by atoms with E-state index in [1.165, 1.54) is 334 Å². The van der Waals surface area contributed by atoms with E-state index in [1.807, 2.05) is 0 Å². The summed E-state index contributed by atoms with van der Waals surface area (Å²) in [5.74, 6) is -3.61. The van der Waals surface area contributed by atoms with Crippen LogP contribution in [0.1, 0.15) is 498 Å². The molecule has 12 heteroatoms. The molecule has 0 aliphatic heterocycles. The zero-order valence-corrected chi connectivity index (χ0v) is 68.2. The van der Waals surface area contributed by atoms with Gasteiger partial charge in [0.25, 0.3) is 0 Å². The fourth-order valence-corrected chi connectivity index (χ4v) is 11.0. The fourth-order valence-electron chi connectivity index (χ4n) is 11.0. The smallest absolute Gasteiger partial charge is 0.550 e. The van der Waals surface area contributed by atoms with Crippen molar-refractivity contribution in [2.75, 3.05) is 19.8 Å². The minimum Gasteiger partial charge on any atom is -0.550 e. The molecule has 0 saturated heterocycles. The van der Waals surface area contributed by atoms with Crippen molar-refractivity contribution in [3.63, 3.8) is 0 Å². The van der Waals surface area contributed by atoms with Crippen LogP contribution in [0.5, 0.6) is 0 Å². The molecule has 0 radical (unpaired) electrons. The topological polar surface area (TPSA) is 221 Å². The van der Waals surface area contributed by atoms with Crippen molar-refractivity contribution in [2.45, 2.75) is 498 Å². The first-order valence-corrected chi connectivity index (χ1v) is 41.9. The first kappa shape index (κ1) is 111. The predicted molar refractivity (Wildman–Crippen MR) is 404 cm³/mol. The van der Waals surface area contributed by atoms with E-state index < -0.39 is 23.9 Å². The van der Waals surface area contributed by atoms with Crippen LogP contribution in [0.15, 0.2) is 0 Å². The molecule has 0 unspecified atom stereocenters. The number of unbranched alkanes of at least 4 members (excludes halogenated alkanes) is 59. The molecule has 0 aromatic carbocycles. The number of rotatable bonds is 70. The maximum absolute atomic E-state index is 10.2. The molecular formula is C84H170O11Zr. The number of aliphatic carboxylic acids is 4. The average molecular weight is 1450 g/mol. The van der Waals surface area contributed by atoms with Gasteiger partial charge >= 0.3 is 26.2 Å². The summed E-state index contributed by atoms with van der Waals surface area (Å²) in [6.07, 6.45) is 85.5. The monoisotopic (exact) mass is 1450 g/mol. The van der Waals surface area contributed by atoms with Crippen LogP contribution in [0.2, 0.25) is 0 Å². The van der Waals surface area contributed by atoms with Crippen LogP contribution < -0.4 is 20.4 Å². The Kier molecular flexibility index (Phi) is 132. The number of aliphatic hydroxyl groups is 3. The van der Waals surface area contributed by atoms with Crippen molar-refractivity contribution < 1.29 is 81.1 Å². The quantitative estimate of drug-likeness (QED) is 0.0486. The Morgan fingerprint density at radius 2 is 0.250 bits per heavy atom. The molecule has 0 heterocycles. The zero-order chi connectivity index (χ0) is 71.9. The molecule has 0 fully saturated rings. The van der Waals surface area contributed by atoms with E-state index in [0.717, 1.165) is 89.9 Å². The summed E-state index contributed by atoms with van der Waals surface area (Å²) in [7, 11) is 0. The standard InChI is InChI=1S/4C18H36O2.3C4H10O.Zr/c4*1-2-3-4-5-6-7-8-9-10-11-12-13-14-15-16-17-18(19)20;3*1-2-3-4-5;/h4*2-17H2,1H3,(H,19,20);3*5H,2-4H2,1H3;/q;;;;;;;+4/p-4. The number of hydrogen-bond acceptors (Lipinski definition) is 11. The Morgan fingerprint density at radius 3 is 0.312 bits per heavy atom. The van der Waals surface area contributed by atoms with Crippen molar-refractivity contribution in [3.8, 4) is 0 Å². The van der Waals surface area contributed by atoms with Gasteiger partial charge in [0, 0.05) is 43.7 Å². The molecule has 11 nitrogen and oxygen atoms in total. The van der Waals surface area contributed by atoms with Crippen LogP contribution in [0.4, 0.5) is 0 Å². The zero-order valence-electron chi connectivity index (χ0n) is 65.7. The van der Waals surface area contributed by atoms with Crippen LogP contribution >= 0.6 is 0 Å². The Bertz CT molecular complexity index is 1130. The van der Waals surface area contributed by atoms with E-state index in [1.54, 1.807) is 0 Å². The number of hydrogen-bond donors (Lipinski definition) is 3. The van der Waals surface area contributed by atoms with Crippen molar-refractivity contribution in [1.29, 1.82) is 0 Å². The fraction of sp³-hybridized carbons (Fsp3) is 0.952. The molecule has 96 heavy (non-hydrogen) atoms. The van der Waals surface area contributed by atoms with E-state index >= 15 is 0 Å². The van der Waals surface area contributed by atoms with Gasteiger partial charge in [-0.05, 0) is 70.6 Å². The molecule has 0 aliphatic carbocycles. The van der Waals surface area contributed by atoms with Gasteiger partial charge in [0.2, 0.25) is 0 Å². The summed E-state index contributed by atoms with van der Waals surface area (Å²) in [6, 6.07) is 0. The minimum absolute atomic E-state index is 0. The van der Waals surface area contributed by atoms with Crippen LogP contribution in [0.3, 0.4) is 0 Å². The van der Waals surface area contributed by atoms with Gasteiger partial charge in [-0.3, -0.25) is 0 Å². The first-order valence-electron chi connectivity index (χ1n) is 41.9. The number of carbonyl (C=O) groups excluding carboxylic acids is 4. The van der Waals surface area contributed by atoms with Gasteiger partial charge in [0.15, 0.2) is 0 Å². The third-order valence-corrected chi connectivity index (χ3v) is 17.5. The molecule has 0 atom stereocenters. The Morgan fingerprint density at radius 1 is 0.167 bits per heavy atom. The van der Waals surface area contributed by atoms with Gasteiger partial charge in [-0.1, -0.05) is 427 Å². The largest absolute Gasteiger partial charge is 4.00 e. The van der Waals surface area contributed by atoms with Crippen LogP contribution in [-0.2, 0) is 45.4 Å². The van der Waals surface area contributed by atoms with E-state index in [9.17, 15) is 39.6 Å². The third-order valence-electron chi connectivity index (χ3n) is 17.5. The molecule has 0 aliphatic rings. The summed E-state index contributed by atoms with van der Waals surface area (Å²) in [6.45, 7) is 16.3. The van der Waals surface area contributed by atoms with E-state index in [4.69, 9.17) is 15.3 Å². The molecule has 0 spiro atoms. The molecule has 0 amide bonds. The SMILES string of the molecule is CCCCCCCCCCCCCCCCCC(=O)[O-].CCCCCCCCCCCCCCCCCC(=O)[O-].CCCCCCCCCCCCCCCCCC(=O)[O-].CCCCCCCCCCCCCCCCCC(=O)[O-].CCCCO.CCCCO.CCCCO.[Zr+4]. The van der Waals surface area contributed by atoms with Crippen LogP contribution in [0.25, 0.3) is 0 Å². The van der Waals surface area contributed by atoms with Crippen molar-refractivity contribution in [1.82, 2.24) is 0 Å². The molecule has 0 aromatic rings. The van der Waals surface area contributed by atoms with Gasteiger partial charge in [-0.25, -0.2) is 0 Å². The summed E-state index contributed by atoms with van der Waals surface area (Å²) in [5.41, 5.74) is 0. The second kappa shape index (κ2) is 115. The second-order valence-electron chi connectivity index (χ2n) is 27.5. The summed E-state index contributed by atoms with van der Waals surface area (Å²) >= 11 is 0. The predicted octanol–water partition coefficient (Wildman–Crippen LogP) is 22.3. The summed E-state index contributed by atoms with van der Waals surface area (Å²) in [5, 5.41) is 65.1. The van der Waals surface area contributed by atoms with Crippen molar-refractivity contribution >= 4 is 23.9 Å². The molecule has 0 saturated carbocycles. The molecule has 0 aromatic heterocycles. The van der Waals surface area contributed by atoms with Gasteiger partial charge in [0.1, 0.15) is 0 Å². The third kappa shape index (κ3) is 147. The Balaban J connectivity index is -0.000000166. The normalized spacial score (nSPS) is 10.4. The van der Waals surface area contributed by atoms with E-state index in [0.29, 0.717) is 19.8 Å². The van der Waals surface area contributed by atoms with Crippen LogP contribution in [-0.4, -0.2) is 59.0 Å². The Labute approximate surface area is 619 Å². The number of carboxylic acids is 4. The average Bonchev–Trinajstić information content (AvgIpc) is 3.58. The van der Waals surface area contributed by atoms with Gasteiger partial charge in [-0.2, -0.15) is 0 Å². The van der Waals surface area contributed by atoms with Gasteiger partial charge in [-0.15, -0.1) is 0 Å². The minimum atomic E-state index is -0.903. The number of carbonyl (C=O) groups is 4. The van der Waals surface area contributed by atoms with E-state index in [-0.39, 0.29) is 51.9 Å². The number of aliphatic hydroxyl groups excluding tert-OH is 3. The number of carboxylic acid groups (broad SMARTS) is 4.